The van der Waals surface area contributed by atoms with E-state index >= 15 is 0 Å². The van der Waals surface area contributed by atoms with Gasteiger partial charge in [0, 0.05) is 22.3 Å². The summed E-state index contributed by atoms with van der Waals surface area (Å²) in [6, 6.07) is 9.42. The normalized spacial score (nSPS) is 10.5. The highest BCUT2D eigenvalue weighted by Gasteiger charge is 2.10. The van der Waals surface area contributed by atoms with Gasteiger partial charge in [0.1, 0.15) is 5.69 Å². The van der Waals surface area contributed by atoms with Gasteiger partial charge in [0.2, 0.25) is 0 Å². The Balaban J connectivity index is 2.34. The van der Waals surface area contributed by atoms with Crippen molar-refractivity contribution in [2.75, 3.05) is 0 Å². The molecule has 0 saturated heterocycles. The third kappa shape index (κ3) is 4.28. The minimum absolute atomic E-state index is 0.0844. The van der Waals surface area contributed by atoms with Crippen LogP contribution in [0.5, 0.6) is 0 Å². The van der Waals surface area contributed by atoms with E-state index in [1.54, 1.807) is 23.0 Å². The number of benzene rings is 1. The monoisotopic (exact) mass is 332 g/mol. The van der Waals surface area contributed by atoms with Crippen molar-refractivity contribution in [2.24, 2.45) is 10.8 Å². The second-order valence-electron chi connectivity index (χ2n) is 4.35. The Morgan fingerprint density at radius 2 is 2.23 bits per heavy atom. The predicted octanol–water partition coefficient (Wildman–Crippen LogP) is 2.28. The van der Waals surface area contributed by atoms with Gasteiger partial charge in [-0.1, -0.05) is 23.7 Å². The summed E-state index contributed by atoms with van der Waals surface area (Å²) in [5, 5.41) is 17.9. The maximum absolute atomic E-state index is 8.68. The minimum atomic E-state index is 0.0844. The molecule has 0 atom stereocenters. The zero-order valence-electron chi connectivity index (χ0n) is 11.5. The van der Waals surface area contributed by atoms with Gasteiger partial charge in [-0.3, -0.25) is 10.1 Å². The molecule has 8 heteroatoms. The van der Waals surface area contributed by atoms with Gasteiger partial charge in [0.15, 0.2) is 5.11 Å². The van der Waals surface area contributed by atoms with E-state index < -0.39 is 0 Å². The number of aryl methyl sites for hydroxylation is 1. The first-order valence-electron chi connectivity index (χ1n) is 6.39. The number of halogens is 1. The molecule has 0 aliphatic rings. The molecule has 0 aliphatic carbocycles. The van der Waals surface area contributed by atoms with Crippen molar-refractivity contribution in [2.45, 2.75) is 13.0 Å². The van der Waals surface area contributed by atoms with E-state index in [2.05, 4.69) is 21.7 Å². The molecule has 0 unspecified atom stereocenters. The molecule has 1 aromatic carbocycles. The Hall–Kier alpha value is -2.43. The van der Waals surface area contributed by atoms with Crippen LogP contribution in [0.3, 0.4) is 0 Å². The predicted molar refractivity (Wildman–Crippen MR) is 90.4 cm³/mol. The lowest BCUT2D eigenvalue weighted by Crippen LogP contribution is -2.24. The van der Waals surface area contributed by atoms with Gasteiger partial charge in [-0.2, -0.15) is 15.5 Å². The Labute approximate surface area is 138 Å². The van der Waals surface area contributed by atoms with Crippen LogP contribution in [0.4, 0.5) is 0 Å². The fourth-order valence-corrected chi connectivity index (χ4v) is 1.99. The highest BCUT2D eigenvalue weighted by atomic mass is 35.5. The number of hydrazone groups is 1. The summed E-state index contributed by atoms with van der Waals surface area (Å²) < 4.78 is 1.70. The van der Waals surface area contributed by atoms with Crippen molar-refractivity contribution in [3.05, 3.63) is 41.0 Å². The summed E-state index contributed by atoms with van der Waals surface area (Å²) >= 11 is 10.6. The largest absolute Gasteiger partial charge is 0.375 e. The summed E-state index contributed by atoms with van der Waals surface area (Å²) in [6.07, 6.45) is 3.77. The Kier molecular flexibility index (Phi) is 5.47. The van der Waals surface area contributed by atoms with Crippen LogP contribution in [-0.4, -0.2) is 21.1 Å². The molecule has 1 heterocycles. The molecule has 0 fully saturated rings. The number of nitrogens with one attached hydrogen (secondary N) is 1. The van der Waals surface area contributed by atoms with Gasteiger partial charge in [-0.25, -0.2) is 0 Å². The third-order valence-corrected chi connectivity index (χ3v) is 3.08. The molecular formula is C14H13ClN6S. The van der Waals surface area contributed by atoms with Gasteiger partial charge < -0.3 is 5.73 Å². The number of aromatic nitrogens is 2. The molecule has 6 nitrogen and oxygen atoms in total. The van der Waals surface area contributed by atoms with E-state index in [-0.39, 0.29) is 5.11 Å². The standard InChI is InChI=1S/C14H13ClN6S/c15-12-4-2-10(3-5-12)13-11(8-18-19-14(17)22)9-21(20-13)7-1-6-16/h2-5,8-9H,1,7H2,(H3,17,19,22)/b18-8-. The Bertz CT molecular complexity index is 729. The van der Waals surface area contributed by atoms with Crippen LogP contribution in [0.1, 0.15) is 12.0 Å². The molecule has 0 saturated carbocycles. The molecule has 22 heavy (non-hydrogen) atoms. The lowest BCUT2D eigenvalue weighted by atomic mass is 10.1. The van der Waals surface area contributed by atoms with Crippen molar-refractivity contribution in [1.29, 1.82) is 5.26 Å². The highest BCUT2D eigenvalue weighted by molar-refractivity contribution is 7.80. The van der Waals surface area contributed by atoms with Crippen LogP contribution >= 0.6 is 23.8 Å². The van der Waals surface area contributed by atoms with Crippen LogP contribution in [0, 0.1) is 11.3 Å². The molecule has 1 aromatic heterocycles. The molecule has 0 aliphatic heterocycles. The Morgan fingerprint density at radius 1 is 1.50 bits per heavy atom. The van der Waals surface area contributed by atoms with Crippen molar-refractivity contribution in [3.63, 3.8) is 0 Å². The molecular weight excluding hydrogens is 320 g/mol. The number of nitrogens with zero attached hydrogens (tertiary/aromatic N) is 4. The molecule has 3 N–H and O–H groups in total. The zero-order valence-corrected chi connectivity index (χ0v) is 13.1. The van der Waals surface area contributed by atoms with Crippen LogP contribution in [0.2, 0.25) is 5.02 Å². The highest BCUT2D eigenvalue weighted by Crippen LogP contribution is 2.23. The van der Waals surface area contributed by atoms with E-state index in [0.29, 0.717) is 18.0 Å². The number of hydrogen-bond acceptors (Lipinski definition) is 4. The van der Waals surface area contributed by atoms with Gasteiger partial charge in [0.05, 0.1) is 25.2 Å². The van der Waals surface area contributed by atoms with Crippen LogP contribution in [0.25, 0.3) is 11.3 Å². The fraction of sp³-hybridized carbons (Fsp3) is 0.143. The van der Waals surface area contributed by atoms with Crippen molar-refractivity contribution in [1.82, 2.24) is 15.2 Å². The maximum atomic E-state index is 8.68. The number of nitriles is 1. The summed E-state index contributed by atoms with van der Waals surface area (Å²) in [6.45, 7) is 0.508. The molecule has 0 bridgehead atoms. The van der Waals surface area contributed by atoms with Crippen LogP contribution < -0.4 is 11.2 Å². The summed E-state index contributed by atoms with van der Waals surface area (Å²) in [7, 11) is 0. The van der Waals surface area contributed by atoms with E-state index in [1.807, 2.05) is 18.3 Å². The maximum Gasteiger partial charge on any atom is 0.184 e. The third-order valence-electron chi connectivity index (χ3n) is 2.74. The lowest BCUT2D eigenvalue weighted by molar-refractivity contribution is 0.629. The quantitative estimate of drug-likeness (QED) is 0.498. The van der Waals surface area contributed by atoms with Gasteiger partial charge in [-0.15, -0.1) is 0 Å². The molecule has 112 valence electrons. The van der Waals surface area contributed by atoms with Crippen molar-refractivity contribution >= 4 is 35.1 Å². The van der Waals surface area contributed by atoms with Gasteiger partial charge in [0.25, 0.3) is 0 Å². The fourth-order valence-electron chi connectivity index (χ4n) is 1.81. The van der Waals surface area contributed by atoms with E-state index in [9.17, 15) is 0 Å². The first kappa shape index (κ1) is 15.9. The number of nitrogens with two attached hydrogens (primary N) is 1. The lowest BCUT2D eigenvalue weighted by Gasteiger charge is -1.99. The molecule has 0 spiro atoms. The molecule has 0 amide bonds. The SMILES string of the molecule is N#CCCn1cc(/C=N\NC(N)=S)c(-c2ccc(Cl)cc2)n1. The molecule has 2 rings (SSSR count). The van der Waals surface area contributed by atoms with Gasteiger partial charge >= 0.3 is 0 Å². The van der Waals surface area contributed by atoms with Crippen LogP contribution in [-0.2, 0) is 6.54 Å². The van der Waals surface area contributed by atoms with E-state index in [0.717, 1.165) is 16.8 Å². The second-order valence-corrected chi connectivity index (χ2v) is 5.22. The first-order chi connectivity index (χ1) is 10.6. The summed E-state index contributed by atoms with van der Waals surface area (Å²) in [4.78, 5) is 0. The average molecular weight is 333 g/mol. The summed E-state index contributed by atoms with van der Waals surface area (Å²) in [5.41, 5.74) is 10.3. The Morgan fingerprint density at radius 3 is 2.86 bits per heavy atom. The van der Waals surface area contributed by atoms with Crippen molar-refractivity contribution < 1.29 is 0 Å². The number of thiocarbonyl (C=S) groups is 1. The average Bonchev–Trinajstić information content (AvgIpc) is 2.89. The second kappa shape index (κ2) is 7.54. The van der Waals surface area contributed by atoms with E-state index in [4.69, 9.17) is 34.8 Å². The summed E-state index contributed by atoms with van der Waals surface area (Å²) in [5.74, 6) is 0. The number of hydrogen-bond donors (Lipinski definition) is 2. The van der Waals surface area contributed by atoms with E-state index in [1.165, 1.54) is 0 Å². The molecule has 0 radical (unpaired) electrons. The van der Waals surface area contributed by atoms with Gasteiger partial charge in [-0.05, 0) is 24.4 Å². The zero-order chi connectivity index (χ0) is 15.9. The minimum Gasteiger partial charge on any atom is -0.375 e. The number of rotatable bonds is 5. The van der Waals surface area contributed by atoms with Crippen LogP contribution in [0.15, 0.2) is 35.6 Å². The topological polar surface area (TPSA) is 92.0 Å². The first-order valence-corrected chi connectivity index (χ1v) is 7.17. The smallest absolute Gasteiger partial charge is 0.184 e. The molecule has 2 aromatic rings. The van der Waals surface area contributed by atoms with Crippen molar-refractivity contribution in [3.8, 4) is 17.3 Å².